The molecule has 0 aromatic carbocycles. The molecule has 0 saturated carbocycles. The van der Waals surface area contributed by atoms with Crippen LogP contribution in [0.3, 0.4) is 0 Å². The van der Waals surface area contributed by atoms with Crippen LogP contribution in [0.15, 0.2) is 10.6 Å². The highest BCUT2D eigenvalue weighted by atomic mass is 16.5. The van der Waals surface area contributed by atoms with E-state index in [-0.39, 0.29) is 24.9 Å². The third-order valence-corrected chi connectivity index (χ3v) is 3.37. The molecule has 0 aliphatic carbocycles. The van der Waals surface area contributed by atoms with Crippen LogP contribution in [0.25, 0.3) is 0 Å². The number of hydrogen-bond acceptors (Lipinski definition) is 5. The van der Waals surface area contributed by atoms with Crippen LogP contribution in [0.2, 0.25) is 0 Å². The van der Waals surface area contributed by atoms with Crippen molar-refractivity contribution >= 4 is 17.6 Å². The summed E-state index contributed by atoms with van der Waals surface area (Å²) in [7, 11) is 1.58. The van der Waals surface area contributed by atoms with Gasteiger partial charge in [-0.3, -0.25) is 9.59 Å². The summed E-state index contributed by atoms with van der Waals surface area (Å²) in [4.78, 5) is 25.4. The number of aromatic nitrogens is 1. The summed E-state index contributed by atoms with van der Waals surface area (Å²) in [5, 5.41) is 6.23. The number of carbonyl (C=O) groups excluding carboxylic acids is 2. The lowest BCUT2D eigenvalue weighted by atomic mass is 9.86. The van der Waals surface area contributed by atoms with Crippen molar-refractivity contribution in [2.24, 2.45) is 11.1 Å². The number of nitrogens with two attached hydrogens (primary N) is 1. The van der Waals surface area contributed by atoms with Crippen LogP contribution in [-0.4, -0.2) is 42.0 Å². The first-order valence-corrected chi connectivity index (χ1v) is 6.51. The molecule has 1 unspecified atom stereocenters. The fraction of sp³-hybridized carbons (Fsp3) is 0.615. The Morgan fingerprint density at radius 1 is 1.55 bits per heavy atom. The van der Waals surface area contributed by atoms with Crippen molar-refractivity contribution < 1.29 is 14.1 Å². The van der Waals surface area contributed by atoms with Crippen molar-refractivity contribution in [2.75, 3.05) is 25.5 Å². The molecule has 1 atom stereocenters. The molecule has 1 rings (SSSR count). The second-order valence-electron chi connectivity index (χ2n) is 5.15. The lowest BCUT2D eigenvalue weighted by Gasteiger charge is -2.30. The molecule has 7 nitrogen and oxygen atoms in total. The highest BCUT2D eigenvalue weighted by molar-refractivity contribution is 5.94. The lowest BCUT2D eigenvalue weighted by Crippen LogP contribution is -2.46. The Hall–Kier alpha value is -1.89. The molecule has 0 spiro atoms. The molecule has 0 saturated heterocycles. The summed E-state index contributed by atoms with van der Waals surface area (Å²) in [5.74, 6) is 0.468. The Balaban J connectivity index is 2.59. The Bertz CT molecular complexity index is 480. The van der Waals surface area contributed by atoms with Gasteiger partial charge in [0.25, 0.3) is 0 Å². The van der Waals surface area contributed by atoms with Crippen LogP contribution in [0.5, 0.6) is 0 Å². The highest BCUT2D eigenvalue weighted by Crippen LogP contribution is 2.21. The lowest BCUT2D eigenvalue weighted by molar-refractivity contribution is -0.141. The zero-order chi connectivity index (χ0) is 15.3. The maximum Gasteiger partial charge on any atom is 0.245 e. The van der Waals surface area contributed by atoms with E-state index in [2.05, 4.69) is 10.5 Å². The minimum absolute atomic E-state index is 0.0552. The van der Waals surface area contributed by atoms with Crippen LogP contribution in [-0.2, 0) is 9.59 Å². The zero-order valence-corrected chi connectivity index (χ0v) is 12.4. The van der Waals surface area contributed by atoms with Gasteiger partial charge < -0.3 is 20.5 Å². The normalized spacial score (nSPS) is 13.7. The minimum Gasteiger partial charge on any atom is -0.360 e. The van der Waals surface area contributed by atoms with Gasteiger partial charge in [-0.2, -0.15) is 0 Å². The summed E-state index contributed by atoms with van der Waals surface area (Å²) in [5.41, 5.74) is 5.00. The average Bonchev–Trinajstić information content (AvgIpc) is 2.81. The molecule has 0 aliphatic heterocycles. The Morgan fingerprint density at radius 3 is 2.65 bits per heavy atom. The zero-order valence-electron chi connectivity index (χ0n) is 12.4. The summed E-state index contributed by atoms with van der Waals surface area (Å²) in [6, 6.07) is 1.61. The SMILES string of the molecule is CCC(C)(CN)C(=O)N(C)CC(=O)Nc1cc(C)on1. The van der Waals surface area contributed by atoms with Gasteiger partial charge in [-0.25, -0.2) is 0 Å². The first kappa shape index (κ1) is 16.2. The van der Waals surface area contributed by atoms with Gasteiger partial charge in [0.15, 0.2) is 5.82 Å². The Morgan fingerprint density at radius 2 is 2.20 bits per heavy atom. The van der Waals surface area contributed by atoms with Crippen LogP contribution < -0.4 is 11.1 Å². The fourth-order valence-electron chi connectivity index (χ4n) is 1.74. The van der Waals surface area contributed by atoms with E-state index in [1.807, 2.05) is 6.92 Å². The number of carbonyl (C=O) groups is 2. The number of rotatable bonds is 6. The first-order valence-electron chi connectivity index (χ1n) is 6.51. The summed E-state index contributed by atoms with van der Waals surface area (Å²) in [6.45, 7) is 5.62. The molecule has 0 radical (unpaired) electrons. The minimum atomic E-state index is -0.639. The molecular weight excluding hydrogens is 260 g/mol. The number of nitrogens with zero attached hydrogens (tertiary/aromatic N) is 2. The van der Waals surface area contributed by atoms with Gasteiger partial charge in [0.05, 0.1) is 12.0 Å². The predicted octanol–water partition coefficient (Wildman–Crippen LogP) is 0.755. The Kier molecular flexibility index (Phi) is 5.26. The largest absolute Gasteiger partial charge is 0.360 e. The third kappa shape index (κ3) is 3.80. The van der Waals surface area contributed by atoms with Gasteiger partial charge in [0.2, 0.25) is 11.8 Å². The number of hydrogen-bond donors (Lipinski definition) is 2. The first-order chi connectivity index (χ1) is 9.32. The number of anilines is 1. The van der Waals surface area contributed by atoms with Gasteiger partial charge in [0, 0.05) is 19.7 Å². The summed E-state index contributed by atoms with van der Waals surface area (Å²) >= 11 is 0. The van der Waals surface area contributed by atoms with E-state index in [4.69, 9.17) is 10.3 Å². The van der Waals surface area contributed by atoms with Crippen molar-refractivity contribution in [1.29, 1.82) is 0 Å². The second kappa shape index (κ2) is 6.51. The van der Waals surface area contributed by atoms with Gasteiger partial charge in [0.1, 0.15) is 5.76 Å². The topological polar surface area (TPSA) is 101 Å². The van der Waals surface area contributed by atoms with E-state index < -0.39 is 5.41 Å². The van der Waals surface area contributed by atoms with E-state index in [1.165, 1.54) is 4.90 Å². The number of nitrogens with one attached hydrogen (secondary N) is 1. The molecular formula is C13H22N4O3. The van der Waals surface area contributed by atoms with Crippen LogP contribution >= 0.6 is 0 Å². The molecule has 2 amide bonds. The van der Waals surface area contributed by atoms with E-state index >= 15 is 0 Å². The van der Waals surface area contributed by atoms with Crippen molar-refractivity contribution in [2.45, 2.75) is 27.2 Å². The second-order valence-corrected chi connectivity index (χ2v) is 5.15. The van der Waals surface area contributed by atoms with Crippen LogP contribution in [0.1, 0.15) is 26.0 Å². The third-order valence-electron chi connectivity index (χ3n) is 3.37. The molecule has 0 bridgehead atoms. The fourth-order valence-corrected chi connectivity index (χ4v) is 1.74. The molecule has 3 N–H and O–H groups in total. The van der Waals surface area contributed by atoms with E-state index in [9.17, 15) is 9.59 Å². The van der Waals surface area contributed by atoms with Crippen molar-refractivity contribution in [3.63, 3.8) is 0 Å². The van der Waals surface area contributed by atoms with Crippen LogP contribution in [0, 0.1) is 12.3 Å². The van der Waals surface area contributed by atoms with Crippen LogP contribution in [0.4, 0.5) is 5.82 Å². The number of likely N-dealkylation sites (N-methyl/N-ethyl adjacent to an activating group) is 1. The molecule has 1 aromatic rings. The standard InChI is InChI=1S/C13H22N4O3/c1-5-13(3,8-14)12(19)17(4)7-11(18)15-10-6-9(2)20-16-10/h6H,5,7-8,14H2,1-4H3,(H,15,16,18). The van der Waals surface area contributed by atoms with E-state index in [0.29, 0.717) is 18.0 Å². The molecule has 20 heavy (non-hydrogen) atoms. The number of aryl methyl sites for hydroxylation is 1. The monoisotopic (exact) mass is 282 g/mol. The Labute approximate surface area is 118 Å². The number of amides is 2. The van der Waals surface area contributed by atoms with Crippen molar-refractivity contribution in [1.82, 2.24) is 10.1 Å². The quantitative estimate of drug-likeness (QED) is 0.802. The molecule has 1 aromatic heterocycles. The summed E-state index contributed by atoms with van der Waals surface area (Å²) in [6.07, 6.45) is 0.622. The maximum atomic E-state index is 12.3. The van der Waals surface area contributed by atoms with Gasteiger partial charge in [-0.1, -0.05) is 12.1 Å². The van der Waals surface area contributed by atoms with Crippen molar-refractivity contribution in [3.05, 3.63) is 11.8 Å². The van der Waals surface area contributed by atoms with Gasteiger partial charge in [-0.15, -0.1) is 0 Å². The highest BCUT2D eigenvalue weighted by Gasteiger charge is 2.32. The smallest absolute Gasteiger partial charge is 0.245 e. The molecule has 0 aliphatic rings. The molecule has 1 heterocycles. The molecule has 112 valence electrons. The van der Waals surface area contributed by atoms with Gasteiger partial charge in [-0.05, 0) is 20.3 Å². The molecule has 7 heteroatoms. The average molecular weight is 282 g/mol. The van der Waals surface area contributed by atoms with E-state index in [1.54, 1.807) is 27.0 Å². The van der Waals surface area contributed by atoms with E-state index in [0.717, 1.165) is 0 Å². The predicted molar refractivity (Wildman–Crippen MR) is 75.0 cm³/mol. The summed E-state index contributed by atoms with van der Waals surface area (Å²) < 4.78 is 4.85. The van der Waals surface area contributed by atoms with Gasteiger partial charge >= 0.3 is 0 Å². The maximum absolute atomic E-state index is 12.3. The molecule has 0 fully saturated rings. The van der Waals surface area contributed by atoms with Crippen molar-refractivity contribution in [3.8, 4) is 0 Å².